The fourth-order valence-corrected chi connectivity index (χ4v) is 2.88. The van der Waals surface area contributed by atoms with Crippen LogP contribution in [0.1, 0.15) is 38.3 Å². The Bertz CT molecular complexity index is 432. The first-order valence-corrected chi connectivity index (χ1v) is 7.73. The normalized spacial score (nSPS) is 17.2. The molecule has 0 amide bonds. The van der Waals surface area contributed by atoms with Gasteiger partial charge < -0.3 is 5.73 Å². The summed E-state index contributed by atoms with van der Waals surface area (Å²) in [5.41, 5.74) is 7.07. The molecule has 1 atom stereocenters. The molecule has 2 N–H and O–H groups in total. The quantitative estimate of drug-likeness (QED) is 0.862. The Balaban J connectivity index is 2.21. The van der Waals surface area contributed by atoms with Crippen molar-refractivity contribution in [2.24, 2.45) is 11.7 Å². The fraction of sp³-hybridized carbons (Fsp3) is 0.600. The molecule has 1 aliphatic rings. The maximum Gasteiger partial charge on any atom is 0.137 e. The Labute approximate surface area is 123 Å². The van der Waals surface area contributed by atoms with Crippen molar-refractivity contribution < 1.29 is 4.39 Å². The number of hydrogen-bond donors (Lipinski definition) is 1. The molecule has 19 heavy (non-hydrogen) atoms. The molecule has 0 heterocycles. The second-order valence-corrected chi connectivity index (χ2v) is 6.51. The van der Waals surface area contributed by atoms with Crippen LogP contribution in [0.5, 0.6) is 0 Å². The molecule has 0 radical (unpaired) electrons. The van der Waals surface area contributed by atoms with Crippen molar-refractivity contribution in [2.75, 3.05) is 13.1 Å². The molecule has 4 heteroatoms. The molecule has 2 nitrogen and oxygen atoms in total. The zero-order valence-electron chi connectivity index (χ0n) is 11.6. The zero-order chi connectivity index (χ0) is 14.0. The number of nitrogens with zero attached hydrogens (tertiary/aromatic N) is 1. The molecule has 1 saturated carbocycles. The molecule has 1 aliphatic carbocycles. The third-order valence-electron chi connectivity index (χ3n) is 3.78. The van der Waals surface area contributed by atoms with E-state index in [2.05, 4.69) is 34.7 Å². The summed E-state index contributed by atoms with van der Waals surface area (Å²) in [5, 5.41) is 0. The highest BCUT2D eigenvalue weighted by Crippen LogP contribution is 2.34. The molecular formula is C15H22BrFN2. The van der Waals surface area contributed by atoms with Crippen molar-refractivity contribution in [1.29, 1.82) is 0 Å². The third-order valence-corrected chi connectivity index (χ3v) is 4.39. The van der Waals surface area contributed by atoms with E-state index < -0.39 is 0 Å². The van der Waals surface area contributed by atoms with Gasteiger partial charge in [-0.2, -0.15) is 0 Å². The summed E-state index contributed by atoms with van der Waals surface area (Å²) in [5.74, 6) is 0.596. The fourth-order valence-electron chi connectivity index (χ4n) is 2.48. The summed E-state index contributed by atoms with van der Waals surface area (Å²) in [6.45, 7) is 6.05. The van der Waals surface area contributed by atoms with E-state index in [1.54, 1.807) is 0 Å². The van der Waals surface area contributed by atoms with Gasteiger partial charge in [0.15, 0.2) is 0 Å². The summed E-state index contributed by atoms with van der Waals surface area (Å²) in [6, 6.07) is 5.82. The Kier molecular flexibility index (Phi) is 4.98. The summed E-state index contributed by atoms with van der Waals surface area (Å²) in [7, 11) is 0. The number of rotatable bonds is 6. The average Bonchev–Trinajstić information content (AvgIpc) is 3.17. The largest absolute Gasteiger partial charge is 0.329 e. The van der Waals surface area contributed by atoms with Gasteiger partial charge in [-0.3, -0.25) is 4.90 Å². The van der Waals surface area contributed by atoms with Gasteiger partial charge in [-0.1, -0.05) is 6.07 Å². The van der Waals surface area contributed by atoms with Gasteiger partial charge in [-0.15, -0.1) is 0 Å². The van der Waals surface area contributed by atoms with E-state index in [0.717, 1.165) is 18.0 Å². The van der Waals surface area contributed by atoms with E-state index in [0.29, 0.717) is 17.1 Å². The van der Waals surface area contributed by atoms with Crippen LogP contribution >= 0.6 is 15.9 Å². The van der Waals surface area contributed by atoms with E-state index in [1.165, 1.54) is 18.9 Å². The van der Waals surface area contributed by atoms with Crippen LogP contribution in [0.15, 0.2) is 22.7 Å². The lowest BCUT2D eigenvalue weighted by atomic mass is 10.0. The van der Waals surface area contributed by atoms with Crippen molar-refractivity contribution in [1.82, 2.24) is 4.90 Å². The van der Waals surface area contributed by atoms with E-state index >= 15 is 0 Å². The monoisotopic (exact) mass is 328 g/mol. The minimum absolute atomic E-state index is 0.164. The van der Waals surface area contributed by atoms with Gasteiger partial charge in [0.25, 0.3) is 0 Å². The molecule has 1 fully saturated rings. The highest BCUT2D eigenvalue weighted by molar-refractivity contribution is 9.10. The molecule has 1 unspecified atom stereocenters. The number of hydrogen-bond acceptors (Lipinski definition) is 2. The van der Waals surface area contributed by atoms with Gasteiger partial charge in [0.1, 0.15) is 5.82 Å². The Morgan fingerprint density at radius 1 is 1.42 bits per heavy atom. The van der Waals surface area contributed by atoms with E-state index in [-0.39, 0.29) is 11.9 Å². The van der Waals surface area contributed by atoms with Crippen LogP contribution in [0, 0.1) is 11.7 Å². The molecule has 0 bridgehead atoms. The maximum absolute atomic E-state index is 13.4. The SMILES string of the molecule is CC(C)N(CC1CC1)C(CN)c1ccc(F)c(Br)c1. The zero-order valence-corrected chi connectivity index (χ0v) is 13.2. The number of halogens is 2. The lowest BCUT2D eigenvalue weighted by Gasteiger charge is -2.35. The molecule has 1 aromatic rings. The summed E-state index contributed by atoms with van der Waals surface area (Å²) in [4.78, 5) is 2.44. The highest BCUT2D eigenvalue weighted by atomic mass is 79.9. The Hall–Kier alpha value is -0.450. The highest BCUT2D eigenvalue weighted by Gasteiger charge is 2.30. The van der Waals surface area contributed by atoms with Crippen molar-refractivity contribution in [3.63, 3.8) is 0 Å². The third kappa shape index (κ3) is 3.77. The predicted molar refractivity (Wildman–Crippen MR) is 80.5 cm³/mol. The van der Waals surface area contributed by atoms with Gasteiger partial charge in [-0.25, -0.2) is 4.39 Å². The van der Waals surface area contributed by atoms with Gasteiger partial charge in [0.2, 0.25) is 0 Å². The van der Waals surface area contributed by atoms with Crippen LogP contribution in [0.3, 0.4) is 0 Å². The molecule has 2 rings (SSSR count). The van der Waals surface area contributed by atoms with Gasteiger partial charge >= 0.3 is 0 Å². The van der Waals surface area contributed by atoms with Crippen molar-refractivity contribution >= 4 is 15.9 Å². The van der Waals surface area contributed by atoms with Gasteiger partial charge in [0.05, 0.1) is 4.47 Å². The first kappa shape index (κ1) is 14.9. The Morgan fingerprint density at radius 2 is 2.11 bits per heavy atom. The van der Waals surface area contributed by atoms with Crippen LogP contribution in [-0.4, -0.2) is 24.0 Å². The lowest BCUT2D eigenvalue weighted by Crippen LogP contribution is -2.40. The Morgan fingerprint density at radius 3 is 2.58 bits per heavy atom. The molecular weight excluding hydrogens is 307 g/mol. The first-order chi connectivity index (χ1) is 9.02. The molecule has 1 aromatic carbocycles. The molecule has 0 saturated heterocycles. The van der Waals surface area contributed by atoms with Gasteiger partial charge in [-0.05, 0) is 66.2 Å². The minimum Gasteiger partial charge on any atom is -0.329 e. The summed E-state index contributed by atoms with van der Waals surface area (Å²) < 4.78 is 13.9. The second kappa shape index (κ2) is 6.33. The number of nitrogens with two attached hydrogens (primary N) is 1. The van der Waals surface area contributed by atoms with E-state index in [9.17, 15) is 4.39 Å². The standard InChI is InChI=1S/C15H22BrFN2/c1-10(2)19(9-11-3-4-11)15(8-18)12-5-6-14(17)13(16)7-12/h5-7,10-11,15H,3-4,8-9,18H2,1-2H3. The number of benzene rings is 1. The lowest BCUT2D eigenvalue weighted by molar-refractivity contribution is 0.149. The second-order valence-electron chi connectivity index (χ2n) is 5.66. The molecule has 0 spiro atoms. The minimum atomic E-state index is -0.224. The van der Waals surface area contributed by atoms with Crippen molar-refractivity contribution in [2.45, 2.75) is 38.8 Å². The topological polar surface area (TPSA) is 29.3 Å². The van der Waals surface area contributed by atoms with Crippen molar-refractivity contribution in [3.05, 3.63) is 34.1 Å². The van der Waals surface area contributed by atoms with Crippen LogP contribution < -0.4 is 5.73 Å². The van der Waals surface area contributed by atoms with Crippen LogP contribution in [0.2, 0.25) is 0 Å². The van der Waals surface area contributed by atoms with E-state index in [4.69, 9.17) is 5.73 Å². The van der Waals surface area contributed by atoms with Crippen LogP contribution in [-0.2, 0) is 0 Å². The predicted octanol–water partition coefficient (Wildman–Crippen LogP) is 3.71. The summed E-state index contributed by atoms with van der Waals surface area (Å²) in [6.07, 6.45) is 2.65. The van der Waals surface area contributed by atoms with Crippen LogP contribution in [0.4, 0.5) is 4.39 Å². The smallest absolute Gasteiger partial charge is 0.137 e. The average molecular weight is 329 g/mol. The summed E-state index contributed by atoms with van der Waals surface area (Å²) >= 11 is 3.26. The van der Waals surface area contributed by atoms with Gasteiger partial charge in [0, 0.05) is 25.2 Å². The molecule has 0 aliphatic heterocycles. The van der Waals surface area contributed by atoms with E-state index in [1.807, 2.05) is 12.1 Å². The van der Waals surface area contributed by atoms with Crippen LogP contribution in [0.25, 0.3) is 0 Å². The molecule has 0 aromatic heterocycles. The molecule has 106 valence electrons. The maximum atomic E-state index is 13.4. The van der Waals surface area contributed by atoms with Crippen molar-refractivity contribution in [3.8, 4) is 0 Å². The first-order valence-electron chi connectivity index (χ1n) is 6.93.